The minimum atomic E-state index is 0. The number of carbonyl (C=O) groups is 1. The van der Waals surface area contributed by atoms with Crippen LogP contribution < -0.4 is 11.1 Å². The molecule has 0 aromatic carbocycles. The van der Waals surface area contributed by atoms with Gasteiger partial charge in [-0.1, -0.05) is 12.8 Å². The lowest BCUT2D eigenvalue weighted by Crippen LogP contribution is -2.34. The molecule has 0 bridgehead atoms. The van der Waals surface area contributed by atoms with Gasteiger partial charge in [0.15, 0.2) is 5.13 Å². The van der Waals surface area contributed by atoms with Crippen molar-refractivity contribution in [2.24, 2.45) is 11.7 Å². The Balaban J connectivity index is 0.00000144. The third kappa shape index (κ3) is 6.15. The Bertz CT molecular complexity index is 508. The zero-order valence-corrected chi connectivity index (χ0v) is 16.4. The molecule has 0 spiro atoms. The van der Waals surface area contributed by atoms with Crippen molar-refractivity contribution in [1.82, 2.24) is 9.88 Å². The van der Waals surface area contributed by atoms with Crippen LogP contribution >= 0.6 is 36.2 Å². The number of likely N-dealkylation sites (tertiary alicyclic amines) is 1. The van der Waals surface area contributed by atoms with Crippen LogP contribution in [0.25, 0.3) is 0 Å². The molecule has 1 aliphatic carbocycles. The van der Waals surface area contributed by atoms with E-state index >= 15 is 0 Å². The van der Waals surface area contributed by atoms with E-state index < -0.39 is 0 Å². The first-order valence-corrected chi connectivity index (χ1v) is 9.32. The largest absolute Gasteiger partial charge is 0.328 e. The highest BCUT2D eigenvalue weighted by molar-refractivity contribution is 7.13. The second-order valence-electron chi connectivity index (χ2n) is 6.59. The number of nitrogens with one attached hydrogen (secondary N) is 1. The fourth-order valence-corrected chi connectivity index (χ4v) is 4.16. The van der Waals surface area contributed by atoms with Crippen LogP contribution in [0, 0.1) is 5.92 Å². The van der Waals surface area contributed by atoms with E-state index in [0.29, 0.717) is 0 Å². The molecular weight excluding hydrogens is 367 g/mol. The number of hydrogen-bond acceptors (Lipinski definition) is 5. The highest BCUT2D eigenvalue weighted by Crippen LogP contribution is 2.25. The van der Waals surface area contributed by atoms with Crippen molar-refractivity contribution in [1.29, 1.82) is 0 Å². The summed E-state index contributed by atoms with van der Waals surface area (Å²) < 4.78 is 0. The third-order valence-corrected chi connectivity index (χ3v) is 5.51. The van der Waals surface area contributed by atoms with Gasteiger partial charge < -0.3 is 11.1 Å². The molecule has 0 radical (unpaired) electrons. The Morgan fingerprint density at radius 1 is 1.25 bits per heavy atom. The highest BCUT2D eigenvalue weighted by Gasteiger charge is 2.26. The number of anilines is 1. The topological polar surface area (TPSA) is 71.2 Å². The van der Waals surface area contributed by atoms with Crippen molar-refractivity contribution in [2.75, 3.05) is 18.4 Å². The number of thiazole rings is 1. The van der Waals surface area contributed by atoms with Gasteiger partial charge >= 0.3 is 0 Å². The van der Waals surface area contributed by atoms with Crippen LogP contribution in [0.2, 0.25) is 0 Å². The van der Waals surface area contributed by atoms with E-state index in [0.717, 1.165) is 43.1 Å². The number of nitrogens with two attached hydrogens (primary N) is 1. The van der Waals surface area contributed by atoms with Gasteiger partial charge in [0.25, 0.3) is 0 Å². The Morgan fingerprint density at radius 2 is 2.00 bits per heavy atom. The quantitative estimate of drug-likeness (QED) is 0.820. The van der Waals surface area contributed by atoms with Crippen molar-refractivity contribution < 1.29 is 4.79 Å². The maximum absolute atomic E-state index is 12.3. The first-order valence-electron chi connectivity index (χ1n) is 8.44. The fourth-order valence-electron chi connectivity index (χ4n) is 3.46. The van der Waals surface area contributed by atoms with Crippen LogP contribution in [-0.2, 0) is 11.3 Å². The van der Waals surface area contributed by atoms with Gasteiger partial charge in [0.1, 0.15) is 0 Å². The second-order valence-corrected chi connectivity index (χ2v) is 7.45. The molecule has 8 heteroatoms. The van der Waals surface area contributed by atoms with Crippen LogP contribution in [0.15, 0.2) is 5.38 Å². The summed E-state index contributed by atoms with van der Waals surface area (Å²) in [4.78, 5) is 19.3. The Morgan fingerprint density at radius 3 is 2.71 bits per heavy atom. The first-order chi connectivity index (χ1) is 10.7. The number of rotatable bonds is 4. The third-order valence-electron chi connectivity index (χ3n) is 4.70. The average molecular weight is 395 g/mol. The van der Waals surface area contributed by atoms with Crippen molar-refractivity contribution in [3.05, 3.63) is 11.1 Å². The van der Waals surface area contributed by atoms with E-state index in [-0.39, 0.29) is 42.7 Å². The van der Waals surface area contributed by atoms with Gasteiger partial charge in [0.05, 0.1) is 5.69 Å². The van der Waals surface area contributed by atoms with Crippen molar-refractivity contribution >= 4 is 47.2 Å². The van der Waals surface area contributed by atoms with E-state index in [1.54, 1.807) is 0 Å². The van der Waals surface area contributed by atoms with Crippen LogP contribution in [-0.4, -0.2) is 34.9 Å². The predicted molar refractivity (Wildman–Crippen MR) is 104 cm³/mol. The number of hydrogen-bond donors (Lipinski definition) is 2. The van der Waals surface area contributed by atoms with Gasteiger partial charge in [-0.2, -0.15) is 0 Å². The molecule has 2 heterocycles. The molecule has 5 nitrogen and oxygen atoms in total. The van der Waals surface area contributed by atoms with E-state index in [1.165, 1.54) is 43.7 Å². The number of halogens is 2. The van der Waals surface area contributed by atoms with Crippen LogP contribution in [0.4, 0.5) is 5.13 Å². The molecule has 1 amide bonds. The molecule has 2 unspecified atom stereocenters. The van der Waals surface area contributed by atoms with Crippen molar-refractivity contribution in [2.45, 2.75) is 57.5 Å². The SMILES string of the molecule is Cl.Cl.NC1CCCC(C(=O)Nc2nc(CN3CCCCC3)cs2)C1. The number of aromatic nitrogens is 1. The minimum Gasteiger partial charge on any atom is -0.328 e. The number of nitrogens with zero attached hydrogens (tertiary/aromatic N) is 2. The Kier molecular flexibility index (Phi) is 9.52. The summed E-state index contributed by atoms with van der Waals surface area (Å²) in [5, 5.41) is 5.78. The van der Waals surface area contributed by atoms with Gasteiger partial charge in [-0.3, -0.25) is 9.69 Å². The molecule has 1 aromatic rings. The molecule has 1 aromatic heterocycles. The molecule has 2 atom stereocenters. The van der Waals surface area contributed by atoms with Gasteiger partial charge in [-0.05, 0) is 45.2 Å². The molecule has 3 N–H and O–H groups in total. The molecular formula is C16H28Cl2N4OS. The lowest BCUT2D eigenvalue weighted by Gasteiger charge is -2.25. The average Bonchev–Trinajstić information content (AvgIpc) is 2.95. The maximum Gasteiger partial charge on any atom is 0.229 e. The Labute approximate surface area is 160 Å². The van der Waals surface area contributed by atoms with Gasteiger partial charge in [0, 0.05) is 23.9 Å². The first kappa shape index (κ1) is 21.6. The summed E-state index contributed by atoms with van der Waals surface area (Å²) in [5.41, 5.74) is 7.04. The summed E-state index contributed by atoms with van der Waals surface area (Å²) >= 11 is 1.53. The molecule has 1 saturated heterocycles. The van der Waals surface area contributed by atoms with Crippen LogP contribution in [0.5, 0.6) is 0 Å². The number of carbonyl (C=O) groups excluding carboxylic acids is 1. The number of amides is 1. The van der Waals surface area contributed by atoms with Crippen LogP contribution in [0.3, 0.4) is 0 Å². The summed E-state index contributed by atoms with van der Waals surface area (Å²) in [6, 6.07) is 0.176. The summed E-state index contributed by atoms with van der Waals surface area (Å²) in [6.45, 7) is 3.24. The molecule has 3 rings (SSSR count). The highest BCUT2D eigenvalue weighted by atomic mass is 35.5. The van der Waals surface area contributed by atoms with Crippen LogP contribution in [0.1, 0.15) is 50.6 Å². The fraction of sp³-hybridized carbons (Fsp3) is 0.750. The monoisotopic (exact) mass is 394 g/mol. The molecule has 24 heavy (non-hydrogen) atoms. The molecule has 2 fully saturated rings. The summed E-state index contributed by atoms with van der Waals surface area (Å²) in [7, 11) is 0. The lowest BCUT2D eigenvalue weighted by atomic mass is 9.86. The molecule has 138 valence electrons. The normalized spacial score (nSPS) is 24.5. The van der Waals surface area contributed by atoms with Crippen molar-refractivity contribution in [3.8, 4) is 0 Å². The molecule has 2 aliphatic rings. The lowest BCUT2D eigenvalue weighted by molar-refractivity contribution is -0.120. The van der Waals surface area contributed by atoms with E-state index in [2.05, 4.69) is 20.6 Å². The maximum atomic E-state index is 12.3. The van der Waals surface area contributed by atoms with Gasteiger partial charge in [0.2, 0.25) is 5.91 Å². The summed E-state index contributed by atoms with van der Waals surface area (Å²) in [6.07, 6.45) is 7.77. The van der Waals surface area contributed by atoms with E-state index in [9.17, 15) is 4.79 Å². The second kappa shape index (κ2) is 10.6. The standard InChI is InChI=1S/C16H26N4OS.2ClH/c17-13-6-4-5-12(9-13)15(21)19-16-18-14(11-22-16)10-20-7-2-1-3-8-20;;/h11-13H,1-10,17H2,(H,18,19,21);2*1H. The number of piperidine rings is 1. The zero-order chi connectivity index (χ0) is 15.4. The summed E-state index contributed by atoms with van der Waals surface area (Å²) in [5.74, 6) is 0.146. The minimum absolute atomic E-state index is 0. The smallest absolute Gasteiger partial charge is 0.229 e. The molecule has 1 saturated carbocycles. The van der Waals surface area contributed by atoms with Gasteiger partial charge in [-0.15, -0.1) is 36.2 Å². The predicted octanol–water partition coefficient (Wildman–Crippen LogP) is 3.43. The van der Waals surface area contributed by atoms with Gasteiger partial charge in [-0.25, -0.2) is 4.98 Å². The van der Waals surface area contributed by atoms with E-state index in [4.69, 9.17) is 5.73 Å². The zero-order valence-electron chi connectivity index (χ0n) is 13.9. The van der Waals surface area contributed by atoms with E-state index in [1.807, 2.05) is 0 Å². The molecule has 1 aliphatic heterocycles. The Hall–Kier alpha value is -0.400. The van der Waals surface area contributed by atoms with Crippen molar-refractivity contribution in [3.63, 3.8) is 0 Å².